The molecule has 1 aromatic heterocycles. The highest BCUT2D eigenvalue weighted by Gasteiger charge is 2.28. The molecule has 3 rings (SSSR count). The predicted octanol–water partition coefficient (Wildman–Crippen LogP) is 2.93. The second kappa shape index (κ2) is 5.24. The molecule has 2 N–H and O–H groups in total. The summed E-state index contributed by atoms with van der Waals surface area (Å²) in [6, 6.07) is 5.75. The van der Waals surface area contributed by atoms with Gasteiger partial charge in [-0.2, -0.15) is 0 Å². The maximum Gasteiger partial charge on any atom is 0.170 e. The van der Waals surface area contributed by atoms with Crippen LogP contribution in [0.15, 0.2) is 18.2 Å². The monoisotopic (exact) mass is 285 g/mol. The molecule has 5 heteroatoms. The number of aromatic nitrogens is 2. The molecule has 1 fully saturated rings. The van der Waals surface area contributed by atoms with Crippen LogP contribution in [0.2, 0.25) is 0 Å². The number of anilines is 1. The average Bonchev–Trinajstić information content (AvgIpc) is 3.33. The molecule has 1 aromatic carbocycles. The molecule has 0 radical (unpaired) electrons. The fraction of sp³-hybridized carbons (Fsp3) is 0.375. The fourth-order valence-corrected chi connectivity index (χ4v) is 2.41. The highest BCUT2D eigenvalue weighted by molar-refractivity contribution is 5.75. The first kappa shape index (κ1) is 13.7. The van der Waals surface area contributed by atoms with E-state index in [0.29, 0.717) is 23.2 Å². The molecule has 1 aliphatic carbocycles. The van der Waals surface area contributed by atoms with E-state index in [1.54, 1.807) is 14.2 Å². The van der Waals surface area contributed by atoms with Gasteiger partial charge in [-0.05, 0) is 31.9 Å². The number of hydrogen-bond acceptors (Lipinski definition) is 5. The van der Waals surface area contributed by atoms with Gasteiger partial charge in [-0.1, -0.05) is 6.07 Å². The summed E-state index contributed by atoms with van der Waals surface area (Å²) in [4.78, 5) is 9.14. The molecule has 2 aromatic rings. The SMILES string of the molecule is COc1cccc(-c2nc(C3CC3)nc(N)c2C)c1OC. The number of nitrogen functional groups attached to an aromatic ring is 1. The van der Waals surface area contributed by atoms with Gasteiger partial charge in [0.2, 0.25) is 0 Å². The molecule has 1 heterocycles. The van der Waals surface area contributed by atoms with Crippen LogP contribution in [0, 0.1) is 6.92 Å². The third kappa shape index (κ3) is 2.39. The molecule has 0 aliphatic heterocycles. The zero-order valence-electron chi connectivity index (χ0n) is 12.5. The van der Waals surface area contributed by atoms with E-state index >= 15 is 0 Å². The van der Waals surface area contributed by atoms with E-state index in [1.807, 2.05) is 25.1 Å². The van der Waals surface area contributed by atoms with Crippen molar-refractivity contribution in [1.29, 1.82) is 0 Å². The molecule has 0 spiro atoms. The van der Waals surface area contributed by atoms with Crippen LogP contribution >= 0.6 is 0 Å². The topological polar surface area (TPSA) is 70.3 Å². The van der Waals surface area contributed by atoms with Crippen LogP contribution in [0.3, 0.4) is 0 Å². The smallest absolute Gasteiger partial charge is 0.170 e. The van der Waals surface area contributed by atoms with Crippen molar-refractivity contribution in [2.45, 2.75) is 25.7 Å². The van der Waals surface area contributed by atoms with Gasteiger partial charge < -0.3 is 15.2 Å². The maximum absolute atomic E-state index is 6.06. The third-order valence-corrected chi connectivity index (χ3v) is 3.80. The molecular formula is C16H19N3O2. The quantitative estimate of drug-likeness (QED) is 0.935. The second-order valence-corrected chi connectivity index (χ2v) is 5.26. The van der Waals surface area contributed by atoms with Crippen LogP contribution < -0.4 is 15.2 Å². The summed E-state index contributed by atoms with van der Waals surface area (Å²) in [5.41, 5.74) is 8.63. The second-order valence-electron chi connectivity index (χ2n) is 5.26. The predicted molar refractivity (Wildman–Crippen MR) is 81.7 cm³/mol. The Morgan fingerprint density at radius 3 is 2.52 bits per heavy atom. The molecule has 0 unspecified atom stereocenters. The van der Waals surface area contributed by atoms with Crippen molar-refractivity contribution in [2.24, 2.45) is 0 Å². The number of methoxy groups -OCH3 is 2. The molecule has 110 valence electrons. The fourth-order valence-electron chi connectivity index (χ4n) is 2.41. The van der Waals surface area contributed by atoms with E-state index in [2.05, 4.69) is 4.98 Å². The first-order chi connectivity index (χ1) is 10.2. The Labute approximate surface area is 124 Å². The molecule has 1 aliphatic rings. The number of nitrogens with two attached hydrogens (primary N) is 1. The van der Waals surface area contributed by atoms with Crippen LogP contribution in [0.1, 0.15) is 30.1 Å². The Kier molecular flexibility index (Phi) is 3.41. The highest BCUT2D eigenvalue weighted by atomic mass is 16.5. The standard InChI is InChI=1S/C16H19N3O2/c1-9-13(18-16(10-7-8-10)19-15(9)17)11-5-4-6-12(20-2)14(11)21-3/h4-6,10H,7-8H2,1-3H3,(H2,17,18,19). The van der Waals surface area contributed by atoms with Crippen LogP contribution in [-0.4, -0.2) is 24.2 Å². The first-order valence-electron chi connectivity index (χ1n) is 7.01. The lowest BCUT2D eigenvalue weighted by Gasteiger charge is -2.15. The van der Waals surface area contributed by atoms with Crippen LogP contribution in [0.4, 0.5) is 5.82 Å². The van der Waals surface area contributed by atoms with Crippen molar-refractivity contribution >= 4 is 5.82 Å². The van der Waals surface area contributed by atoms with Crippen molar-refractivity contribution in [3.8, 4) is 22.8 Å². The van der Waals surface area contributed by atoms with Gasteiger partial charge in [0.15, 0.2) is 11.5 Å². The first-order valence-corrected chi connectivity index (χ1v) is 7.01. The zero-order valence-corrected chi connectivity index (χ0v) is 12.5. The summed E-state index contributed by atoms with van der Waals surface area (Å²) >= 11 is 0. The normalized spacial score (nSPS) is 14.0. The van der Waals surface area contributed by atoms with E-state index < -0.39 is 0 Å². The molecule has 5 nitrogen and oxygen atoms in total. The van der Waals surface area contributed by atoms with Gasteiger partial charge in [-0.3, -0.25) is 0 Å². The summed E-state index contributed by atoms with van der Waals surface area (Å²) in [5, 5.41) is 0. The van der Waals surface area contributed by atoms with Crippen molar-refractivity contribution in [1.82, 2.24) is 9.97 Å². The molecule has 21 heavy (non-hydrogen) atoms. The van der Waals surface area contributed by atoms with Crippen molar-refractivity contribution < 1.29 is 9.47 Å². The zero-order chi connectivity index (χ0) is 15.0. The number of nitrogens with zero attached hydrogens (tertiary/aromatic N) is 2. The lowest BCUT2D eigenvalue weighted by atomic mass is 10.1. The van der Waals surface area contributed by atoms with Crippen molar-refractivity contribution in [3.05, 3.63) is 29.6 Å². The Balaban J connectivity index is 2.20. The minimum Gasteiger partial charge on any atom is -0.493 e. The van der Waals surface area contributed by atoms with Gasteiger partial charge in [0.05, 0.1) is 19.9 Å². The summed E-state index contributed by atoms with van der Waals surface area (Å²) < 4.78 is 10.9. The van der Waals surface area contributed by atoms with Crippen molar-refractivity contribution in [3.63, 3.8) is 0 Å². The Bertz CT molecular complexity index is 681. The van der Waals surface area contributed by atoms with E-state index in [1.165, 1.54) is 0 Å². The number of ether oxygens (including phenoxy) is 2. The molecule has 1 saturated carbocycles. The summed E-state index contributed by atoms with van der Waals surface area (Å²) in [6.45, 7) is 1.93. The Hall–Kier alpha value is -2.30. The van der Waals surface area contributed by atoms with E-state index in [0.717, 1.165) is 35.5 Å². The molecule has 0 bridgehead atoms. The van der Waals surface area contributed by atoms with E-state index in [9.17, 15) is 0 Å². The minimum atomic E-state index is 0.447. The summed E-state index contributed by atoms with van der Waals surface area (Å²) in [6.07, 6.45) is 2.27. The maximum atomic E-state index is 6.06. The van der Waals surface area contributed by atoms with E-state index in [4.69, 9.17) is 20.2 Å². The van der Waals surface area contributed by atoms with Gasteiger partial charge in [-0.15, -0.1) is 0 Å². The van der Waals surface area contributed by atoms with Gasteiger partial charge in [0.1, 0.15) is 11.6 Å². The molecular weight excluding hydrogens is 266 g/mol. The number of benzene rings is 1. The van der Waals surface area contributed by atoms with Gasteiger partial charge in [-0.25, -0.2) is 9.97 Å². The van der Waals surface area contributed by atoms with Gasteiger partial charge in [0.25, 0.3) is 0 Å². The van der Waals surface area contributed by atoms with Crippen LogP contribution in [-0.2, 0) is 0 Å². The van der Waals surface area contributed by atoms with E-state index in [-0.39, 0.29) is 0 Å². The largest absolute Gasteiger partial charge is 0.493 e. The van der Waals surface area contributed by atoms with Crippen molar-refractivity contribution in [2.75, 3.05) is 20.0 Å². The van der Waals surface area contributed by atoms with Crippen LogP contribution in [0.25, 0.3) is 11.3 Å². The number of para-hydroxylation sites is 1. The van der Waals surface area contributed by atoms with Gasteiger partial charge in [0, 0.05) is 17.0 Å². The molecule has 0 amide bonds. The Morgan fingerprint density at radius 2 is 1.90 bits per heavy atom. The number of rotatable bonds is 4. The third-order valence-electron chi connectivity index (χ3n) is 3.80. The lowest BCUT2D eigenvalue weighted by Crippen LogP contribution is -2.05. The van der Waals surface area contributed by atoms with Crippen LogP contribution in [0.5, 0.6) is 11.5 Å². The molecule has 0 atom stereocenters. The average molecular weight is 285 g/mol. The Morgan fingerprint density at radius 1 is 1.14 bits per heavy atom. The highest BCUT2D eigenvalue weighted by Crippen LogP contribution is 2.42. The molecule has 0 saturated heterocycles. The minimum absolute atomic E-state index is 0.447. The summed E-state index contributed by atoms with van der Waals surface area (Å²) in [5.74, 6) is 3.16. The summed E-state index contributed by atoms with van der Waals surface area (Å²) in [7, 11) is 3.25. The number of hydrogen-bond donors (Lipinski definition) is 1. The lowest BCUT2D eigenvalue weighted by molar-refractivity contribution is 0.356. The van der Waals surface area contributed by atoms with Gasteiger partial charge >= 0.3 is 0 Å².